The molecule has 0 aliphatic rings. The van der Waals surface area contributed by atoms with E-state index in [1.165, 1.54) is 6.20 Å². The zero-order valence-corrected chi connectivity index (χ0v) is 11.2. The average Bonchev–Trinajstić information content (AvgIpc) is 2.53. The number of hydrogen-bond acceptors (Lipinski definition) is 4. The molecule has 0 bridgehead atoms. The van der Waals surface area contributed by atoms with Gasteiger partial charge in [-0.1, -0.05) is 24.3 Å². The third-order valence-electron chi connectivity index (χ3n) is 3.24. The molecule has 1 aromatic carbocycles. The lowest BCUT2D eigenvalue weighted by molar-refractivity contribution is 0.0697. The summed E-state index contributed by atoms with van der Waals surface area (Å²) >= 11 is 0. The number of benzene rings is 1. The summed E-state index contributed by atoms with van der Waals surface area (Å²) in [5.74, 6) is -0.998. The van der Waals surface area contributed by atoms with E-state index in [9.17, 15) is 4.79 Å². The highest BCUT2D eigenvalue weighted by molar-refractivity contribution is 5.93. The Balaban J connectivity index is 1.89. The molecule has 0 fully saturated rings. The summed E-state index contributed by atoms with van der Waals surface area (Å²) in [4.78, 5) is 19.4. The maximum atomic E-state index is 11.2. The van der Waals surface area contributed by atoms with Crippen LogP contribution in [0.15, 0.2) is 55.0 Å². The highest BCUT2D eigenvalue weighted by Gasteiger charge is 2.10. The van der Waals surface area contributed by atoms with E-state index in [2.05, 4.69) is 15.3 Å². The van der Waals surface area contributed by atoms with E-state index in [0.717, 1.165) is 16.5 Å². The number of aromatic carboxylic acids is 1. The average molecular weight is 279 g/mol. The van der Waals surface area contributed by atoms with E-state index in [-0.39, 0.29) is 5.56 Å². The number of nitrogens with one attached hydrogen (secondary N) is 1. The van der Waals surface area contributed by atoms with Crippen molar-refractivity contribution in [3.05, 3.63) is 66.1 Å². The molecule has 21 heavy (non-hydrogen) atoms. The highest BCUT2D eigenvalue weighted by Crippen LogP contribution is 2.19. The lowest BCUT2D eigenvalue weighted by Gasteiger charge is -2.10. The van der Waals surface area contributed by atoms with Crippen molar-refractivity contribution in [3.63, 3.8) is 0 Å². The molecule has 0 amide bonds. The first-order valence-corrected chi connectivity index (χ1v) is 6.49. The van der Waals surface area contributed by atoms with Crippen LogP contribution in [-0.4, -0.2) is 21.0 Å². The standard InChI is InChI=1S/C16H13N3O2/c20-16(21)13-10-17-8-6-14(13)19-9-12-4-1-3-11-5-2-7-18-15(11)12/h1-8,10H,9H2,(H,17,19)(H,20,21). The number of anilines is 1. The number of hydrogen-bond donors (Lipinski definition) is 2. The third-order valence-corrected chi connectivity index (χ3v) is 3.24. The summed E-state index contributed by atoms with van der Waals surface area (Å²) in [5, 5.41) is 13.3. The van der Waals surface area contributed by atoms with Gasteiger partial charge in [0.2, 0.25) is 0 Å². The van der Waals surface area contributed by atoms with Crippen LogP contribution < -0.4 is 5.32 Å². The fourth-order valence-corrected chi connectivity index (χ4v) is 2.22. The highest BCUT2D eigenvalue weighted by atomic mass is 16.4. The SMILES string of the molecule is O=C(O)c1cnccc1NCc1cccc2cccnc12. The van der Waals surface area contributed by atoms with Crippen LogP contribution in [0.1, 0.15) is 15.9 Å². The van der Waals surface area contributed by atoms with Crippen molar-refractivity contribution in [3.8, 4) is 0 Å². The molecule has 3 rings (SSSR count). The van der Waals surface area contributed by atoms with Gasteiger partial charge in [0.15, 0.2) is 0 Å². The first kappa shape index (κ1) is 13.1. The maximum Gasteiger partial charge on any atom is 0.339 e. The minimum atomic E-state index is -0.998. The number of carbonyl (C=O) groups is 1. The Morgan fingerprint density at radius 2 is 2.00 bits per heavy atom. The van der Waals surface area contributed by atoms with E-state index in [1.54, 1.807) is 18.5 Å². The van der Waals surface area contributed by atoms with E-state index >= 15 is 0 Å². The van der Waals surface area contributed by atoms with Gasteiger partial charge in [-0.25, -0.2) is 4.79 Å². The maximum absolute atomic E-state index is 11.2. The van der Waals surface area contributed by atoms with Gasteiger partial charge in [0.1, 0.15) is 5.56 Å². The van der Waals surface area contributed by atoms with Gasteiger partial charge in [-0.2, -0.15) is 0 Å². The van der Waals surface area contributed by atoms with Crippen LogP contribution in [0.5, 0.6) is 0 Å². The lowest BCUT2D eigenvalue weighted by atomic mass is 10.1. The Bertz CT molecular complexity index is 797. The predicted molar refractivity (Wildman–Crippen MR) is 80.3 cm³/mol. The molecule has 2 N–H and O–H groups in total. The molecule has 0 aliphatic carbocycles. The van der Waals surface area contributed by atoms with Crippen LogP contribution in [0.4, 0.5) is 5.69 Å². The van der Waals surface area contributed by atoms with Crippen molar-refractivity contribution < 1.29 is 9.90 Å². The summed E-state index contributed by atoms with van der Waals surface area (Å²) < 4.78 is 0. The number of pyridine rings is 2. The fraction of sp³-hybridized carbons (Fsp3) is 0.0625. The number of aromatic nitrogens is 2. The summed E-state index contributed by atoms with van der Waals surface area (Å²) in [7, 11) is 0. The molecule has 0 spiro atoms. The minimum Gasteiger partial charge on any atom is -0.478 e. The summed E-state index contributed by atoms with van der Waals surface area (Å²) in [6.45, 7) is 0.499. The quantitative estimate of drug-likeness (QED) is 0.768. The van der Waals surface area contributed by atoms with Crippen molar-refractivity contribution in [2.75, 3.05) is 5.32 Å². The number of nitrogens with zero attached hydrogens (tertiary/aromatic N) is 2. The van der Waals surface area contributed by atoms with Gasteiger partial charge < -0.3 is 10.4 Å². The summed E-state index contributed by atoms with van der Waals surface area (Å²) in [5.41, 5.74) is 2.64. The van der Waals surface area contributed by atoms with Crippen LogP contribution in [0.2, 0.25) is 0 Å². The molecule has 0 aliphatic heterocycles. The fourth-order valence-electron chi connectivity index (χ4n) is 2.22. The first-order chi connectivity index (χ1) is 10.3. The van der Waals surface area contributed by atoms with Crippen molar-refractivity contribution in [2.24, 2.45) is 0 Å². The van der Waals surface area contributed by atoms with Crippen LogP contribution >= 0.6 is 0 Å². The van der Waals surface area contributed by atoms with Gasteiger partial charge in [0, 0.05) is 30.5 Å². The van der Waals surface area contributed by atoms with Gasteiger partial charge in [0.05, 0.1) is 11.2 Å². The number of carboxylic acid groups (broad SMARTS) is 1. The van der Waals surface area contributed by atoms with Gasteiger partial charge >= 0.3 is 5.97 Å². The topological polar surface area (TPSA) is 75.1 Å². The van der Waals surface area contributed by atoms with Crippen LogP contribution in [-0.2, 0) is 6.54 Å². The predicted octanol–water partition coefficient (Wildman–Crippen LogP) is 2.94. The van der Waals surface area contributed by atoms with Gasteiger partial charge in [-0.05, 0) is 17.7 Å². The van der Waals surface area contributed by atoms with Crippen molar-refractivity contribution in [1.82, 2.24) is 9.97 Å². The lowest BCUT2D eigenvalue weighted by Crippen LogP contribution is -2.07. The van der Waals surface area contributed by atoms with Gasteiger partial charge in [0.25, 0.3) is 0 Å². The molecular formula is C16H13N3O2. The van der Waals surface area contributed by atoms with E-state index in [4.69, 9.17) is 5.11 Å². The molecule has 0 unspecified atom stereocenters. The Morgan fingerprint density at radius 1 is 1.14 bits per heavy atom. The second-order valence-corrected chi connectivity index (χ2v) is 4.57. The summed E-state index contributed by atoms with van der Waals surface area (Å²) in [6.07, 6.45) is 4.66. The largest absolute Gasteiger partial charge is 0.478 e. The molecule has 0 saturated carbocycles. The number of rotatable bonds is 4. The zero-order chi connectivity index (χ0) is 14.7. The van der Waals surface area contributed by atoms with Crippen molar-refractivity contribution in [1.29, 1.82) is 0 Å². The zero-order valence-electron chi connectivity index (χ0n) is 11.2. The molecule has 3 aromatic rings. The Labute approximate surface area is 121 Å². The molecule has 104 valence electrons. The van der Waals surface area contributed by atoms with Gasteiger partial charge in [-0.3, -0.25) is 9.97 Å². The van der Waals surface area contributed by atoms with E-state index in [0.29, 0.717) is 12.2 Å². The smallest absolute Gasteiger partial charge is 0.339 e. The van der Waals surface area contributed by atoms with E-state index < -0.39 is 5.97 Å². The molecule has 0 radical (unpaired) electrons. The second-order valence-electron chi connectivity index (χ2n) is 4.57. The Morgan fingerprint density at radius 3 is 2.86 bits per heavy atom. The molecule has 5 nitrogen and oxygen atoms in total. The summed E-state index contributed by atoms with van der Waals surface area (Å²) in [6, 6.07) is 11.5. The minimum absolute atomic E-state index is 0.158. The number of para-hydroxylation sites is 1. The monoisotopic (exact) mass is 279 g/mol. The Hall–Kier alpha value is -2.95. The third kappa shape index (κ3) is 2.67. The van der Waals surface area contributed by atoms with Crippen LogP contribution in [0.3, 0.4) is 0 Å². The van der Waals surface area contributed by atoms with Crippen molar-refractivity contribution in [2.45, 2.75) is 6.54 Å². The number of carboxylic acids is 1. The molecule has 2 heterocycles. The normalized spacial score (nSPS) is 10.5. The number of fused-ring (bicyclic) bond motifs is 1. The van der Waals surface area contributed by atoms with Gasteiger partial charge in [-0.15, -0.1) is 0 Å². The van der Waals surface area contributed by atoms with Crippen LogP contribution in [0.25, 0.3) is 10.9 Å². The molecular weight excluding hydrogens is 266 g/mol. The second kappa shape index (κ2) is 5.58. The Kier molecular flexibility index (Phi) is 3.47. The molecule has 5 heteroatoms. The van der Waals surface area contributed by atoms with Crippen LogP contribution in [0, 0.1) is 0 Å². The molecule has 0 atom stereocenters. The van der Waals surface area contributed by atoms with E-state index in [1.807, 2.05) is 30.3 Å². The molecule has 2 aromatic heterocycles. The van der Waals surface area contributed by atoms with Crippen molar-refractivity contribution >= 4 is 22.6 Å². The first-order valence-electron chi connectivity index (χ1n) is 6.49. The molecule has 0 saturated heterocycles.